The fourth-order valence-electron chi connectivity index (χ4n) is 2.14. The van der Waals surface area contributed by atoms with Crippen LogP contribution in [-0.2, 0) is 10.2 Å². The SMILES string of the molecule is Cc1c(Cl)nc(C(C)(C)C)nc1N1CCOCC1C. The predicted molar refractivity (Wildman–Crippen MR) is 78.1 cm³/mol. The minimum absolute atomic E-state index is 0.110. The number of hydrogen-bond donors (Lipinski definition) is 0. The molecule has 1 aromatic heterocycles. The van der Waals surface area contributed by atoms with Crippen LogP contribution in [0, 0.1) is 6.92 Å². The minimum Gasteiger partial charge on any atom is -0.377 e. The summed E-state index contributed by atoms with van der Waals surface area (Å²) in [4.78, 5) is 11.4. The van der Waals surface area contributed by atoms with Crippen molar-refractivity contribution in [1.29, 1.82) is 0 Å². The molecular weight excluding hydrogens is 262 g/mol. The van der Waals surface area contributed by atoms with Crippen molar-refractivity contribution >= 4 is 17.4 Å². The minimum atomic E-state index is -0.110. The maximum atomic E-state index is 6.28. The Kier molecular flexibility index (Phi) is 4.02. The summed E-state index contributed by atoms with van der Waals surface area (Å²) in [6.07, 6.45) is 0. The molecule has 0 radical (unpaired) electrons. The molecule has 1 saturated heterocycles. The molecule has 2 heterocycles. The summed E-state index contributed by atoms with van der Waals surface area (Å²) < 4.78 is 5.48. The highest BCUT2D eigenvalue weighted by Crippen LogP contribution is 2.29. The number of ether oxygens (including phenoxy) is 1. The van der Waals surface area contributed by atoms with Crippen LogP contribution in [0.2, 0.25) is 5.15 Å². The van der Waals surface area contributed by atoms with E-state index in [0.717, 1.165) is 37.0 Å². The van der Waals surface area contributed by atoms with E-state index in [1.165, 1.54) is 0 Å². The molecule has 0 N–H and O–H groups in total. The molecule has 0 aromatic carbocycles. The lowest BCUT2D eigenvalue weighted by molar-refractivity contribution is 0.0984. The molecule has 106 valence electrons. The third-order valence-corrected chi connectivity index (χ3v) is 3.74. The standard InChI is InChI=1S/C14H22ClN3O/c1-9-8-19-7-6-18(9)12-10(2)11(15)16-13(17-12)14(3,4)5/h9H,6-8H2,1-5H3. The van der Waals surface area contributed by atoms with Gasteiger partial charge in [-0.3, -0.25) is 0 Å². The second-order valence-corrected chi connectivity index (χ2v) is 6.51. The topological polar surface area (TPSA) is 38.2 Å². The summed E-state index contributed by atoms with van der Waals surface area (Å²) in [6.45, 7) is 12.7. The molecule has 1 aromatic rings. The average molecular weight is 284 g/mol. The van der Waals surface area contributed by atoms with E-state index in [-0.39, 0.29) is 5.41 Å². The van der Waals surface area contributed by atoms with Crippen molar-refractivity contribution in [2.24, 2.45) is 0 Å². The van der Waals surface area contributed by atoms with Crippen LogP contribution < -0.4 is 4.90 Å². The Balaban J connectivity index is 2.46. The molecule has 0 saturated carbocycles. The first-order chi connectivity index (χ1) is 8.80. The summed E-state index contributed by atoms with van der Waals surface area (Å²) in [5, 5.41) is 0.550. The van der Waals surface area contributed by atoms with E-state index in [4.69, 9.17) is 21.3 Å². The predicted octanol–water partition coefficient (Wildman–Crippen LogP) is 2.96. The molecule has 1 atom stereocenters. The lowest BCUT2D eigenvalue weighted by Crippen LogP contribution is -2.44. The van der Waals surface area contributed by atoms with Gasteiger partial charge in [0.2, 0.25) is 0 Å². The molecule has 0 aliphatic carbocycles. The van der Waals surface area contributed by atoms with Gasteiger partial charge in [-0.05, 0) is 13.8 Å². The molecule has 4 nitrogen and oxygen atoms in total. The molecule has 19 heavy (non-hydrogen) atoms. The molecular formula is C14H22ClN3O. The molecule has 5 heteroatoms. The van der Waals surface area contributed by atoms with Crippen molar-refractivity contribution in [3.8, 4) is 0 Å². The van der Waals surface area contributed by atoms with Gasteiger partial charge in [0.25, 0.3) is 0 Å². The van der Waals surface area contributed by atoms with Crippen LogP contribution in [0.3, 0.4) is 0 Å². The van der Waals surface area contributed by atoms with E-state index < -0.39 is 0 Å². The Labute approximate surface area is 120 Å². The van der Waals surface area contributed by atoms with Gasteiger partial charge in [0, 0.05) is 17.5 Å². The first-order valence-corrected chi connectivity index (χ1v) is 7.07. The van der Waals surface area contributed by atoms with Crippen LogP contribution >= 0.6 is 11.6 Å². The van der Waals surface area contributed by atoms with Crippen LogP contribution in [0.15, 0.2) is 0 Å². The Morgan fingerprint density at radius 3 is 2.58 bits per heavy atom. The Morgan fingerprint density at radius 1 is 1.32 bits per heavy atom. The number of rotatable bonds is 1. The number of halogens is 1. The van der Waals surface area contributed by atoms with Crippen molar-refractivity contribution in [3.05, 3.63) is 16.5 Å². The first-order valence-electron chi connectivity index (χ1n) is 6.69. The number of anilines is 1. The van der Waals surface area contributed by atoms with Crippen molar-refractivity contribution in [2.75, 3.05) is 24.7 Å². The Hall–Kier alpha value is -0.870. The van der Waals surface area contributed by atoms with Crippen LogP contribution in [-0.4, -0.2) is 35.8 Å². The molecule has 1 aliphatic rings. The first kappa shape index (κ1) is 14.5. The van der Waals surface area contributed by atoms with Gasteiger partial charge in [0.05, 0.1) is 19.3 Å². The van der Waals surface area contributed by atoms with Crippen LogP contribution in [0.4, 0.5) is 5.82 Å². The van der Waals surface area contributed by atoms with Gasteiger partial charge >= 0.3 is 0 Å². The number of aromatic nitrogens is 2. The fraction of sp³-hybridized carbons (Fsp3) is 0.714. The van der Waals surface area contributed by atoms with Crippen LogP contribution in [0.5, 0.6) is 0 Å². The highest BCUT2D eigenvalue weighted by molar-refractivity contribution is 6.30. The lowest BCUT2D eigenvalue weighted by atomic mass is 9.95. The van der Waals surface area contributed by atoms with Crippen molar-refractivity contribution < 1.29 is 4.74 Å². The maximum absolute atomic E-state index is 6.28. The van der Waals surface area contributed by atoms with Gasteiger partial charge < -0.3 is 9.64 Å². The third kappa shape index (κ3) is 3.00. The molecule has 0 bridgehead atoms. The van der Waals surface area contributed by atoms with E-state index in [1.807, 2.05) is 6.92 Å². The van der Waals surface area contributed by atoms with Gasteiger partial charge in [-0.15, -0.1) is 0 Å². The highest BCUT2D eigenvalue weighted by Gasteiger charge is 2.26. The normalized spacial score (nSPS) is 20.7. The Morgan fingerprint density at radius 2 is 2.00 bits per heavy atom. The molecule has 0 spiro atoms. The van der Waals surface area contributed by atoms with E-state index >= 15 is 0 Å². The smallest absolute Gasteiger partial charge is 0.137 e. The van der Waals surface area contributed by atoms with Crippen molar-refractivity contribution in [2.45, 2.75) is 46.1 Å². The zero-order valence-electron chi connectivity index (χ0n) is 12.3. The highest BCUT2D eigenvalue weighted by atomic mass is 35.5. The van der Waals surface area contributed by atoms with Gasteiger partial charge in [-0.2, -0.15) is 0 Å². The second-order valence-electron chi connectivity index (χ2n) is 6.15. The fourth-order valence-corrected chi connectivity index (χ4v) is 2.30. The van der Waals surface area contributed by atoms with Crippen molar-refractivity contribution in [1.82, 2.24) is 9.97 Å². The van der Waals surface area contributed by atoms with Gasteiger partial charge in [-0.1, -0.05) is 32.4 Å². The Bertz CT molecular complexity index is 470. The quantitative estimate of drug-likeness (QED) is 0.743. The van der Waals surface area contributed by atoms with E-state index in [0.29, 0.717) is 11.2 Å². The zero-order chi connectivity index (χ0) is 14.2. The molecule has 1 unspecified atom stereocenters. The third-order valence-electron chi connectivity index (χ3n) is 3.37. The number of morpholine rings is 1. The summed E-state index contributed by atoms with van der Waals surface area (Å²) in [7, 11) is 0. The lowest BCUT2D eigenvalue weighted by Gasteiger charge is -2.35. The summed E-state index contributed by atoms with van der Waals surface area (Å²) in [5.74, 6) is 1.73. The summed E-state index contributed by atoms with van der Waals surface area (Å²) in [6, 6.07) is 0.311. The summed E-state index contributed by atoms with van der Waals surface area (Å²) >= 11 is 6.28. The van der Waals surface area contributed by atoms with Gasteiger partial charge in [0.15, 0.2) is 0 Å². The van der Waals surface area contributed by atoms with Crippen LogP contribution in [0.25, 0.3) is 0 Å². The van der Waals surface area contributed by atoms with Crippen molar-refractivity contribution in [3.63, 3.8) is 0 Å². The van der Waals surface area contributed by atoms with Gasteiger partial charge in [0.1, 0.15) is 16.8 Å². The van der Waals surface area contributed by atoms with E-state index in [1.54, 1.807) is 0 Å². The molecule has 1 fully saturated rings. The van der Waals surface area contributed by atoms with E-state index in [2.05, 4.69) is 37.6 Å². The van der Waals surface area contributed by atoms with E-state index in [9.17, 15) is 0 Å². The average Bonchev–Trinajstić information content (AvgIpc) is 2.32. The maximum Gasteiger partial charge on any atom is 0.137 e. The number of hydrogen-bond acceptors (Lipinski definition) is 4. The number of nitrogens with zero attached hydrogens (tertiary/aromatic N) is 3. The van der Waals surface area contributed by atoms with Gasteiger partial charge in [-0.25, -0.2) is 9.97 Å². The molecule has 2 rings (SSSR count). The monoisotopic (exact) mass is 283 g/mol. The summed E-state index contributed by atoms with van der Waals surface area (Å²) in [5.41, 5.74) is 0.838. The molecule has 0 amide bonds. The zero-order valence-corrected chi connectivity index (χ0v) is 13.1. The largest absolute Gasteiger partial charge is 0.377 e. The van der Waals surface area contributed by atoms with Crippen LogP contribution in [0.1, 0.15) is 39.1 Å². The molecule has 1 aliphatic heterocycles. The second kappa shape index (κ2) is 5.25.